The number of amides is 1. The molecule has 4 nitrogen and oxygen atoms in total. The Morgan fingerprint density at radius 1 is 0.853 bits per heavy atom. The fourth-order valence-electron chi connectivity index (χ4n) is 3.45. The highest BCUT2D eigenvalue weighted by molar-refractivity contribution is 8.27. The van der Waals surface area contributed by atoms with E-state index in [9.17, 15) is 4.79 Å². The van der Waals surface area contributed by atoms with Crippen LogP contribution in [0.3, 0.4) is 0 Å². The van der Waals surface area contributed by atoms with Gasteiger partial charge < -0.3 is 9.47 Å². The maximum Gasteiger partial charge on any atom is 0.270 e. The van der Waals surface area contributed by atoms with Gasteiger partial charge in [-0.3, -0.25) is 9.69 Å². The normalized spacial score (nSPS) is 15.1. The maximum absolute atomic E-state index is 12.9. The lowest BCUT2D eigenvalue weighted by Crippen LogP contribution is -2.27. The number of ether oxygens (including phenoxy) is 2. The molecule has 174 valence electrons. The van der Waals surface area contributed by atoms with E-state index in [0.717, 1.165) is 22.7 Å². The largest absolute Gasteiger partial charge is 0.490 e. The SMILES string of the molecule is CC(C)(C)c1ccc(OCCOc2ccc(/C=C3\SC(=S)N(c4ccccc4)C3=O)cc2)cc1. The molecule has 1 saturated heterocycles. The number of hydrogen-bond donors (Lipinski definition) is 0. The third-order valence-corrected chi connectivity index (χ3v) is 6.63. The Balaban J connectivity index is 1.29. The van der Waals surface area contributed by atoms with Crippen molar-refractivity contribution in [2.24, 2.45) is 0 Å². The fraction of sp³-hybridized carbons (Fsp3) is 0.214. The number of hydrogen-bond acceptors (Lipinski definition) is 5. The van der Waals surface area contributed by atoms with E-state index in [1.807, 2.05) is 72.8 Å². The summed E-state index contributed by atoms with van der Waals surface area (Å²) in [5.74, 6) is 1.48. The lowest BCUT2D eigenvalue weighted by atomic mass is 9.87. The molecule has 0 N–H and O–H groups in total. The molecule has 0 unspecified atom stereocenters. The molecule has 6 heteroatoms. The average molecular weight is 490 g/mol. The van der Waals surface area contributed by atoms with E-state index in [-0.39, 0.29) is 11.3 Å². The van der Waals surface area contributed by atoms with E-state index in [1.54, 1.807) is 4.90 Å². The van der Waals surface area contributed by atoms with Crippen LogP contribution in [0.2, 0.25) is 0 Å². The summed E-state index contributed by atoms with van der Waals surface area (Å²) in [7, 11) is 0. The summed E-state index contributed by atoms with van der Waals surface area (Å²) in [5.41, 5.74) is 3.10. The molecule has 1 aliphatic heterocycles. The molecule has 3 aromatic carbocycles. The molecule has 3 aromatic rings. The molecular weight excluding hydrogens is 462 g/mol. The highest BCUT2D eigenvalue weighted by Crippen LogP contribution is 2.36. The number of nitrogens with zero attached hydrogens (tertiary/aromatic N) is 1. The van der Waals surface area contributed by atoms with Crippen molar-refractivity contribution in [2.75, 3.05) is 18.1 Å². The molecule has 34 heavy (non-hydrogen) atoms. The van der Waals surface area contributed by atoms with Gasteiger partial charge in [-0.2, -0.15) is 0 Å². The van der Waals surface area contributed by atoms with Crippen molar-refractivity contribution < 1.29 is 14.3 Å². The van der Waals surface area contributed by atoms with E-state index in [1.165, 1.54) is 17.3 Å². The van der Waals surface area contributed by atoms with Gasteiger partial charge in [0, 0.05) is 0 Å². The van der Waals surface area contributed by atoms with Gasteiger partial charge in [0.2, 0.25) is 0 Å². The Morgan fingerprint density at radius 3 is 1.97 bits per heavy atom. The fourth-order valence-corrected chi connectivity index (χ4v) is 4.75. The standard InChI is InChI=1S/C28H27NO3S2/c1-28(2,3)21-11-15-24(16-12-21)32-18-17-31-23-13-9-20(10-14-23)19-25-26(30)29(27(33)34-25)22-7-5-4-6-8-22/h4-16,19H,17-18H2,1-3H3/b25-19-. The third-order valence-electron chi connectivity index (χ3n) is 5.33. The van der Waals surface area contributed by atoms with Crippen molar-refractivity contribution in [1.82, 2.24) is 0 Å². The second kappa shape index (κ2) is 10.5. The molecule has 1 amide bonds. The van der Waals surface area contributed by atoms with E-state index < -0.39 is 0 Å². The molecule has 1 fully saturated rings. The van der Waals surface area contributed by atoms with Crippen LogP contribution in [0.1, 0.15) is 31.9 Å². The summed E-state index contributed by atoms with van der Waals surface area (Å²) in [6.45, 7) is 7.47. The van der Waals surface area contributed by atoms with Crippen LogP contribution in [0, 0.1) is 0 Å². The monoisotopic (exact) mass is 489 g/mol. The van der Waals surface area contributed by atoms with Gasteiger partial charge in [0.15, 0.2) is 4.32 Å². The average Bonchev–Trinajstić information content (AvgIpc) is 3.10. The Kier molecular flexibility index (Phi) is 7.39. The lowest BCUT2D eigenvalue weighted by molar-refractivity contribution is -0.113. The number of carbonyl (C=O) groups is 1. The number of anilines is 1. The van der Waals surface area contributed by atoms with Crippen molar-refractivity contribution in [3.05, 3.63) is 94.9 Å². The number of benzene rings is 3. The van der Waals surface area contributed by atoms with Gasteiger partial charge in [0.05, 0.1) is 10.6 Å². The summed E-state index contributed by atoms with van der Waals surface area (Å²) in [5, 5.41) is 0. The quantitative estimate of drug-likeness (QED) is 0.206. The first kappa shape index (κ1) is 24.0. The minimum absolute atomic E-state index is 0.103. The smallest absolute Gasteiger partial charge is 0.270 e. The van der Waals surface area contributed by atoms with E-state index in [2.05, 4.69) is 32.9 Å². The Labute approximate surface area is 210 Å². The van der Waals surface area contributed by atoms with Crippen LogP contribution in [0.25, 0.3) is 6.08 Å². The molecule has 0 aromatic heterocycles. The van der Waals surface area contributed by atoms with Crippen molar-refractivity contribution >= 4 is 46.0 Å². The van der Waals surface area contributed by atoms with Crippen molar-refractivity contribution in [1.29, 1.82) is 0 Å². The van der Waals surface area contributed by atoms with Gasteiger partial charge in [0.25, 0.3) is 5.91 Å². The molecule has 1 aliphatic rings. The van der Waals surface area contributed by atoms with Gasteiger partial charge in [-0.25, -0.2) is 0 Å². The predicted molar refractivity (Wildman–Crippen MR) is 145 cm³/mol. The molecule has 0 saturated carbocycles. The van der Waals surface area contributed by atoms with Gasteiger partial charge in [-0.15, -0.1) is 0 Å². The molecule has 4 rings (SSSR count). The van der Waals surface area contributed by atoms with Gasteiger partial charge >= 0.3 is 0 Å². The predicted octanol–water partition coefficient (Wildman–Crippen LogP) is 6.85. The Bertz CT molecular complexity index is 1180. The molecule has 0 aliphatic carbocycles. The molecule has 0 bridgehead atoms. The van der Waals surface area contributed by atoms with E-state index in [4.69, 9.17) is 21.7 Å². The van der Waals surface area contributed by atoms with Crippen LogP contribution in [0.5, 0.6) is 11.5 Å². The number of rotatable bonds is 7. The number of para-hydroxylation sites is 1. The van der Waals surface area contributed by atoms with Crippen molar-refractivity contribution in [2.45, 2.75) is 26.2 Å². The third kappa shape index (κ3) is 5.88. The minimum Gasteiger partial charge on any atom is -0.490 e. The first-order chi connectivity index (χ1) is 16.3. The Hall–Kier alpha value is -3.09. The van der Waals surface area contributed by atoms with E-state index in [0.29, 0.717) is 22.4 Å². The molecular formula is C28H27NO3S2. The summed E-state index contributed by atoms with van der Waals surface area (Å²) in [6.07, 6.45) is 1.86. The second-order valence-corrected chi connectivity index (χ2v) is 10.6. The summed E-state index contributed by atoms with van der Waals surface area (Å²) >= 11 is 6.74. The summed E-state index contributed by atoms with van der Waals surface area (Å²) < 4.78 is 12.1. The molecule has 0 spiro atoms. The zero-order chi connectivity index (χ0) is 24.1. The first-order valence-corrected chi connectivity index (χ1v) is 12.3. The van der Waals surface area contributed by atoms with Crippen molar-refractivity contribution in [3.8, 4) is 11.5 Å². The number of thioether (sulfide) groups is 1. The van der Waals surface area contributed by atoms with Crippen LogP contribution < -0.4 is 14.4 Å². The van der Waals surface area contributed by atoms with Gasteiger partial charge in [-0.05, 0) is 59.0 Å². The van der Waals surface area contributed by atoms with Crippen LogP contribution in [0.15, 0.2) is 83.8 Å². The summed E-state index contributed by atoms with van der Waals surface area (Å²) in [6, 6.07) is 25.3. The minimum atomic E-state index is -0.103. The number of carbonyl (C=O) groups excluding carboxylic acids is 1. The highest BCUT2D eigenvalue weighted by Gasteiger charge is 2.33. The Morgan fingerprint density at radius 2 is 1.41 bits per heavy atom. The zero-order valence-corrected chi connectivity index (χ0v) is 21.1. The number of thiocarbonyl (C=S) groups is 1. The zero-order valence-electron chi connectivity index (χ0n) is 19.5. The van der Waals surface area contributed by atoms with Crippen LogP contribution in [-0.4, -0.2) is 23.4 Å². The molecule has 1 heterocycles. The van der Waals surface area contributed by atoms with Crippen molar-refractivity contribution in [3.63, 3.8) is 0 Å². The van der Waals surface area contributed by atoms with E-state index >= 15 is 0 Å². The maximum atomic E-state index is 12.9. The van der Waals surface area contributed by atoms with Crippen LogP contribution in [0.4, 0.5) is 5.69 Å². The van der Waals surface area contributed by atoms with Gasteiger partial charge in [-0.1, -0.05) is 87.2 Å². The van der Waals surface area contributed by atoms with Crippen LogP contribution >= 0.6 is 24.0 Å². The second-order valence-electron chi connectivity index (χ2n) is 8.89. The highest BCUT2D eigenvalue weighted by atomic mass is 32.2. The first-order valence-electron chi connectivity index (χ1n) is 11.1. The topological polar surface area (TPSA) is 38.8 Å². The molecule has 0 radical (unpaired) electrons. The van der Waals surface area contributed by atoms with Gasteiger partial charge in [0.1, 0.15) is 24.7 Å². The summed E-state index contributed by atoms with van der Waals surface area (Å²) in [4.78, 5) is 15.0. The molecule has 0 atom stereocenters. The van der Waals surface area contributed by atoms with Crippen LogP contribution in [-0.2, 0) is 10.2 Å². The lowest BCUT2D eigenvalue weighted by Gasteiger charge is -2.19.